The van der Waals surface area contributed by atoms with E-state index in [1.165, 1.54) is 6.33 Å². The molecule has 4 aromatic rings. The zero-order valence-electron chi connectivity index (χ0n) is 17.9. The molecule has 164 valence electrons. The fourth-order valence-electron chi connectivity index (χ4n) is 3.29. The largest absolute Gasteiger partial charge is 0.496 e. The van der Waals surface area contributed by atoms with Gasteiger partial charge in [0.05, 0.1) is 31.9 Å². The number of halogens is 1. The zero-order chi connectivity index (χ0) is 22.5. The molecule has 0 radical (unpaired) electrons. The summed E-state index contributed by atoms with van der Waals surface area (Å²) < 4.78 is 22.0. The average molecular weight is 452 g/mol. The SMILES string of the molecule is COc1ccccc1COc1ccc(Nc2ncnc3cc(OC)c(OC)cc23)cc1Cl. The van der Waals surface area contributed by atoms with Crippen molar-refractivity contribution in [3.05, 3.63) is 71.5 Å². The molecule has 0 aliphatic rings. The van der Waals surface area contributed by atoms with E-state index in [0.717, 1.165) is 27.9 Å². The van der Waals surface area contributed by atoms with Crippen LogP contribution in [0.5, 0.6) is 23.0 Å². The number of hydrogen-bond acceptors (Lipinski definition) is 7. The fourth-order valence-corrected chi connectivity index (χ4v) is 3.53. The molecule has 0 amide bonds. The molecule has 0 saturated carbocycles. The van der Waals surface area contributed by atoms with Gasteiger partial charge in [-0.3, -0.25) is 0 Å². The summed E-state index contributed by atoms with van der Waals surface area (Å²) in [5.41, 5.74) is 2.42. The van der Waals surface area contributed by atoms with Gasteiger partial charge in [-0.05, 0) is 30.3 Å². The quantitative estimate of drug-likeness (QED) is 0.372. The van der Waals surface area contributed by atoms with E-state index in [4.69, 9.17) is 30.5 Å². The Morgan fingerprint density at radius 2 is 1.56 bits per heavy atom. The van der Waals surface area contributed by atoms with Gasteiger partial charge in [-0.25, -0.2) is 9.97 Å². The van der Waals surface area contributed by atoms with Gasteiger partial charge in [0.1, 0.15) is 30.3 Å². The van der Waals surface area contributed by atoms with Gasteiger partial charge in [-0.1, -0.05) is 29.8 Å². The number of fused-ring (bicyclic) bond motifs is 1. The minimum Gasteiger partial charge on any atom is -0.496 e. The number of aromatic nitrogens is 2. The Labute approximate surface area is 190 Å². The van der Waals surface area contributed by atoms with Crippen LogP contribution in [0.4, 0.5) is 11.5 Å². The Morgan fingerprint density at radius 1 is 0.812 bits per heavy atom. The number of methoxy groups -OCH3 is 3. The van der Waals surface area contributed by atoms with Crippen LogP contribution in [-0.2, 0) is 6.61 Å². The Bertz CT molecular complexity index is 1250. The van der Waals surface area contributed by atoms with Crippen LogP contribution in [0.25, 0.3) is 10.9 Å². The Kier molecular flexibility index (Phi) is 6.47. The van der Waals surface area contributed by atoms with Gasteiger partial charge in [0.25, 0.3) is 0 Å². The number of anilines is 2. The maximum absolute atomic E-state index is 6.48. The van der Waals surface area contributed by atoms with Crippen LogP contribution in [0.15, 0.2) is 60.9 Å². The molecular formula is C24H22ClN3O4. The van der Waals surface area contributed by atoms with E-state index in [-0.39, 0.29) is 0 Å². The van der Waals surface area contributed by atoms with Gasteiger partial charge >= 0.3 is 0 Å². The molecule has 1 heterocycles. The number of nitrogens with one attached hydrogen (secondary N) is 1. The van der Waals surface area contributed by atoms with Crippen LogP contribution in [0.3, 0.4) is 0 Å². The molecule has 0 fully saturated rings. The number of para-hydroxylation sites is 1. The van der Waals surface area contributed by atoms with Gasteiger partial charge in [0.2, 0.25) is 0 Å². The van der Waals surface area contributed by atoms with Crippen molar-refractivity contribution in [1.29, 1.82) is 0 Å². The summed E-state index contributed by atoms with van der Waals surface area (Å²) in [6.07, 6.45) is 1.49. The Hall–Kier alpha value is -3.71. The van der Waals surface area contributed by atoms with Crippen LogP contribution in [-0.4, -0.2) is 31.3 Å². The monoisotopic (exact) mass is 451 g/mol. The third-order valence-corrected chi connectivity index (χ3v) is 5.21. The van der Waals surface area contributed by atoms with Crippen LogP contribution >= 0.6 is 11.6 Å². The van der Waals surface area contributed by atoms with Crippen molar-refractivity contribution >= 4 is 34.0 Å². The highest BCUT2D eigenvalue weighted by Crippen LogP contribution is 2.35. The lowest BCUT2D eigenvalue weighted by atomic mass is 10.2. The molecule has 0 spiro atoms. The first-order chi connectivity index (χ1) is 15.6. The Balaban J connectivity index is 1.55. The number of ether oxygens (including phenoxy) is 4. The van der Waals surface area contributed by atoms with E-state index in [2.05, 4.69) is 15.3 Å². The third kappa shape index (κ3) is 4.48. The predicted octanol–water partition coefficient (Wildman–Crippen LogP) is 5.63. The first kappa shape index (κ1) is 21.5. The summed E-state index contributed by atoms with van der Waals surface area (Å²) in [6, 6.07) is 16.8. The van der Waals surface area contributed by atoms with Crippen LogP contribution in [0.2, 0.25) is 5.02 Å². The fraction of sp³-hybridized carbons (Fsp3) is 0.167. The van der Waals surface area contributed by atoms with Crippen molar-refractivity contribution in [1.82, 2.24) is 9.97 Å². The van der Waals surface area contributed by atoms with E-state index in [1.54, 1.807) is 27.4 Å². The molecule has 3 aromatic carbocycles. The molecule has 4 rings (SSSR count). The van der Waals surface area contributed by atoms with E-state index in [9.17, 15) is 0 Å². The molecule has 0 aliphatic heterocycles. The first-order valence-electron chi connectivity index (χ1n) is 9.81. The van der Waals surface area contributed by atoms with E-state index in [1.807, 2.05) is 48.5 Å². The van der Waals surface area contributed by atoms with Crippen molar-refractivity contribution < 1.29 is 18.9 Å². The van der Waals surface area contributed by atoms with Gasteiger partial charge in [-0.15, -0.1) is 0 Å². The second-order valence-electron chi connectivity index (χ2n) is 6.82. The van der Waals surface area contributed by atoms with Gasteiger partial charge in [-0.2, -0.15) is 0 Å². The van der Waals surface area contributed by atoms with Crippen LogP contribution in [0, 0.1) is 0 Å². The average Bonchev–Trinajstić information content (AvgIpc) is 2.83. The zero-order valence-corrected chi connectivity index (χ0v) is 18.6. The summed E-state index contributed by atoms with van der Waals surface area (Å²) in [6.45, 7) is 0.342. The smallest absolute Gasteiger partial charge is 0.162 e. The molecule has 0 aliphatic carbocycles. The molecule has 7 nitrogen and oxygen atoms in total. The normalized spacial score (nSPS) is 10.6. The molecule has 1 N–H and O–H groups in total. The molecular weight excluding hydrogens is 430 g/mol. The highest BCUT2D eigenvalue weighted by molar-refractivity contribution is 6.32. The highest BCUT2D eigenvalue weighted by atomic mass is 35.5. The first-order valence-corrected chi connectivity index (χ1v) is 10.2. The molecule has 1 aromatic heterocycles. The lowest BCUT2D eigenvalue weighted by Crippen LogP contribution is -2.00. The molecule has 0 atom stereocenters. The van der Waals surface area contributed by atoms with Gasteiger partial charge in [0, 0.05) is 22.7 Å². The maximum atomic E-state index is 6.48. The van der Waals surface area contributed by atoms with Crippen molar-refractivity contribution in [3.8, 4) is 23.0 Å². The summed E-state index contributed by atoms with van der Waals surface area (Å²) in [7, 11) is 4.81. The molecule has 8 heteroatoms. The topological polar surface area (TPSA) is 74.7 Å². The molecule has 0 unspecified atom stereocenters. The number of benzene rings is 3. The molecule has 32 heavy (non-hydrogen) atoms. The maximum Gasteiger partial charge on any atom is 0.162 e. The van der Waals surface area contributed by atoms with Crippen LogP contribution in [0.1, 0.15) is 5.56 Å². The third-order valence-electron chi connectivity index (χ3n) is 4.91. The van der Waals surface area contributed by atoms with Crippen LogP contribution < -0.4 is 24.3 Å². The van der Waals surface area contributed by atoms with Crippen molar-refractivity contribution in [2.45, 2.75) is 6.61 Å². The van der Waals surface area contributed by atoms with Crippen molar-refractivity contribution in [2.75, 3.05) is 26.6 Å². The Morgan fingerprint density at radius 3 is 2.31 bits per heavy atom. The van der Waals surface area contributed by atoms with Crippen molar-refractivity contribution in [3.63, 3.8) is 0 Å². The lowest BCUT2D eigenvalue weighted by molar-refractivity contribution is 0.297. The summed E-state index contributed by atoms with van der Waals surface area (Å²) in [4.78, 5) is 8.70. The summed E-state index contributed by atoms with van der Waals surface area (Å²) >= 11 is 6.48. The van der Waals surface area contributed by atoms with E-state index in [0.29, 0.717) is 34.7 Å². The number of nitrogens with zero attached hydrogens (tertiary/aromatic N) is 2. The standard InChI is InChI=1S/C24H22ClN3O4/c1-29-20-7-5-4-6-15(20)13-32-21-9-8-16(10-18(21)25)28-24-17-11-22(30-2)23(31-3)12-19(17)26-14-27-24/h4-12,14H,13H2,1-3H3,(H,26,27,28). The molecule has 0 saturated heterocycles. The second-order valence-corrected chi connectivity index (χ2v) is 7.22. The van der Waals surface area contributed by atoms with Gasteiger partial charge in [0.15, 0.2) is 11.5 Å². The predicted molar refractivity (Wildman–Crippen MR) is 125 cm³/mol. The molecule has 0 bridgehead atoms. The minimum atomic E-state index is 0.342. The highest BCUT2D eigenvalue weighted by Gasteiger charge is 2.12. The summed E-state index contributed by atoms with van der Waals surface area (Å²) in [5, 5.41) is 4.55. The van der Waals surface area contributed by atoms with Crippen molar-refractivity contribution in [2.24, 2.45) is 0 Å². The van der Waals surface area contributed by atoms with Gasteiger partial charge < -0.3 is 24.3 Å². The minimum absolute atomic E-state index is 0.342. The van der Waals surface area contributed by atoms with E-state index < -0.39 is 0 Å². The lowest BCUT2D eigenvalue weighted by Gasteiger charge is -2.14. The number of rotatable bonds is 8. The van der Waals surface area contributed by atoms with E-state index >= 15 is 0 Å². The second kappa shape index (κ2) is 9.62. The summed E-state index contributed by atoms with van der Waals surface area (Å²) in [5.74, 6) is 3.15. The number of hydrogen-bond donors (Lipinski definition) is 1.